The van der Waals surface area contributed by atoms with Gasteiger partial charge in [-0.15, -0.1) is 0 Å². The summed E-state index contributed by atoms with van der Waals surface area (Å²) in [6.07, 6.45) is 1.63. The molecule has 228 valence electrons. The zero-order valence-electron chi connectivity index (χ0n) is 24.2. The molecule has 2 saturated heterocycles. The zero-order valence-corrected chi connectivity index (χ0v) is 24.2. The molecule has 2 heterocycles. The van der Waals surface area contributed by atoms with E-state index in [9.17, 15) is 18.7 Å². The number of carbonyl (C=O) groups excluding carboxylic acids is 1. The number of piperazine rings is 1. The summed E-state index contributed by atoms with van der Waals surface area (Å²) in [6, 6.07) is 13.5. The van der Waals surface area contributed by atoms with Crippen LogP contribution >= 0.6 is 0 Å². The molecule has 0 aromatic heterocycles. The Kier molecular flexibility index (Phi) is 9.54. The number of benzene rings is 3. The van der Waals surface area contributed by atoms with Gasteiger partial charge in [0.05, 0.1) is 12.2 Å². The molecule has 2 fully saturated rings. The summed E-state index contributed by atoms with van der Waals surface area (Å²) in [7, 11) is 2.10. The van der Waals surface area contributed by atoms with Crippen LogP contribution in [0.15, 0.2) is 54.6 Å². The van der Waals surface area contributed by atoms with Crippen LogP contribution in [0.3, 0.4) is 0 Å². The van der Waals surface area contributed by atoms with Crippen LogP contribution in [0.1, 0.15) is 45.8 Å². The van der Waals surface area contributed by atoms with E-state index in [0.29, 0.717) is 30.0 Å². The van der Waals surface area contributed by atoms with E-state index in [0.717, 1.165) is 62.9 Å². The first-order chi connectivity index (χ1) is 20.7. The number of hydrogen-bond acceptors (Lipinski definition) is 8. The molecular formula is C32H38F2N6O3. The largest absolute Gasteiger partial charge is 0.398 e. The van der Waals surface area contributed by atoms with Gasteiger partial charge in [-0.25, -0.2) is 8.78 Å². The van der Waals surface area contributed by atoms with E-state index >= 15 is 0 Å². The van der Waals surface area contributed by atoms with Gasteiger partial charge in [0.25, 0.3) is 5.91 Å². The second kappa shape index (κ2) is 13.5. The van der Waals surface area contributed by atoms with Crippen LogP contribution < -0.4 is 21.3 Å². The molecule has 2 aliphatic heterocycles. The van der Waals surface area contributed by atoms with Gasteiger partial charge in [-0.3, -0.25) is 10.2 Å². The fourth-order valence-corrected chi connectivity index (χ4v) is 5.59. The number of amides is 1. The standard InChI is InChI=1S/C32H38F2N6O3/c1-39-10-12-40(13-11-39)23-4-5-24(30(18-23)37-22-8-14-43-15-9-22)32(42)38-31(36)26-16-20(2-7-29(26)35)27(19-41)25-17-21(33)3-6-28(25)34/h2-7,16-18,22,27,37,41H,8-15,19,35H2,1H3,(H2,36,38,42). The molecule has 0 radical (unpaired) electrons. The number of hydrogen-bond donors (Lipinski definition) is 5. The number of anilines is 3. The maximum Gasteiger partial charge on any atom is 0.258 e. The first-order valence-electron chi connectivity index (χ1n) is 14.5. The Hall–Kier alpha value is -4.06. The number of amidine groups is 1. The maximum absolute atomic E-state index is 14.5. The Balaban J connectivity index is 1.39. The number of carbonyl (C=O) groups is 1. The summed E-state index contributed by atoms with van der Waals surface area (Å²) in [4.78, 5) is 18.2. The van der Waals surface area contributed by atoms with Crippen molar-refractivity contribution in [2.75, 3.05) is 69.0 Å². The number of likely N-dealkylation sites (N-methyl/N-ethyl adjacent to an activating group) is 1. The van der Waals surface area contributed by atoms with Crippen molar-refractivity contribution in [1.82, 2.24) is 10.2 Å². The number of nitrogens with zero attached hydrogens (tertiary/aromatic N) is 2. The fourth-order valence-electron chi connectivity index (χ4n) is 5.59. The van der Waals surface area contributed by atoms with Gasteiger partial charge < -0.3 is 36.0 Å². The maximum atomic E-state index is 14.5. The number of ether oxygens (including phenoxy) is 1. The molecule has 0 bridgehead atoms. The van der Waals surface area contributed by atoms with Crippen LogP contribution in [-0.4, -0.2) is 80.8 Å². The Bertz CT molecular complexity index is 1470. The Morgan fingerprint density at radius 3 is 2.51 bits per heavy atom. The third kappa shape index (κ3) is 7.12. The van der Waals surface area contributed by atoms with E-state index in [4.69, 9.17) is 15.9 Å². The summed E-state index contributed by atoms with van der Waals surface area (Å²) in [5, 5.41) is 25.0. The van der Waals surface area contributed by atoms with Crippen LogP contribution in [0.2, 0.25) is 0 Å². The third-order valence-electron chi connectivity index (χ3n) is 8.20. The van der Waals surface area contributed by atoms with Crippen molar-refractivity contribution in [3.05, 3.63) is 88.5 Å². The van der Waals surface area contributed by atoms with Gasteiger partial charge in [-0.1, -0.05) is 6.07 Å². The van der Waals surface area contributed by atoms with Crippen LogP contribution in [0.5, 0.6) is 0 Å². The lowest BCUT2D eigenvalue weighted by molar-refractivity contribution is 0.0904. The van der Waals surface area contributed by atoms with Crippen LogP contribution in [0.25, 0.3) is 0 Å². The van der Waals surface area contributed by atoms with Gasteiger partial charge >= 0.3 is 0 Å². The normalized spacial score (nSPS) is 17.0. The Morgan fingerprint density at radius 2 is 1.79 bits per heavy atom. The molecule has 43 heavy (non-hydrogen) atoms. The molecule has 0 aliphatic carbocycles. The van der Waals surface area contributed by atoms with Gasteiger partial charge in [0.2, 0.25) is 0 Å². The summed E-state index contributed by atoms with van der Waals surface area (Å²) in [6.45, 7) is 4.46. The molecule has 11 heteroatoms. The van der Waals surface area contributed by atoms with Gasteiger partial charge in [0, 0.05) is 79.5 Å². The lowest BCUT2D eigenvalue weighted by atomic mass is 9.90. The predicted octanol–water partition coefficient (Wildman–Crippen LogP) is 3.77. The second-order valence-corrected chi connectivity index (χ2v) is 11.1. The monoisotopic (exact) mass is 592 g/mol. The highest BCUT2D eigenvalue weighted by molar-refractivity contribution is 6.15. The summed E-state index contributed by atoms with van der Waals surface area (Å²) in [5.74, 6) is -2.91. The molecule has 1 atom stereocenters. The summed E-state index contributed by atoms with van der Waals surface area (Å²) in [5.41, 5.74) is 9.10. The first-order valence-corrected chi connectivity index (χ1v) is 14.5. The van der Waals surface area contributed by atoms with Crippen LogP contribution in [0.4, 0.5) is 25.8 Å². The number of halogens is 2. The van der Waals surface area contributed by atoms with Gasteiger partial charge in [0.1, 0.15) is 17.5 Å². The third-order valence-corrected chi connectivity index (χ3v) is 8.20. The number of nitrogens with two attached hydrogens (primary N) is 1. The second-order valence-electron chi connectivity index (χ2n) is 11.1. The molecule has 9 nitrogen and oxygen atoms in total. The van der Waals surface area contributed by atoms with E-state index < -0.39 is 30.1 Å². The molecule has 5 rings (SSSR count). The smallest absolute Gasteiger partial charge is 0.258 e. The minimum Gasteiger partial charge on any atom is -0.398 e. The van der Waals surface area contributed by atoms with Gasteiger partial charge in [-0.05, 0) is 74.0 Å². The van der Waals surface area contributed by atoms with E-state index in [1.165, 1.54) is 12.1 Å². The molecule has 0 spiro atoms. The quantitative estimate of drug-likeness (QED) is 0.153. The zero-order chi connectivity index (χ0) is 30.5. The van der Waals surface area contributed by atoms with Crippen LogP contribution in [0, 0.1) is 17.0 Å². The average molecular weight is 593 g/mol. The molecule has 3 aromatic carbocycles. The minimum absolute atomic E-state index is 0.0157. The van der Waals surface area contributed by atoms with Gasteiger partial charge in [-0.2, -0.15) is 0 Å². The Labute approximate surface area is 250 Å². The van der Waals surface area contributed by atoms with E-state index in [2.05, 4.69) is 27.5 Å². The average Bonchev–Trinajstić information content (AvgIpc) is 3.00. The lowest BCUT2D eigenvalue weighted by Gasteiger charge is -2.34. The minimum atomic E-state index is -0.893. The van der Waals surface area contributed by atoms with E-state index in [1.807, 2.05) is 12.1 Å². The van der Waals surface area contributed by atoms with Crippen molar-refractivity contribution < 1.29 is 23.4 Å². The van der Waals surface area contributed by atoms with E-state index in [-0.39, 0.29) is 28.7 Å². The van der Waals surface area contributed by atoms with Crippen molar-refractivity contribution in [3.8, 4) is 0 Å². The first kappa shape index (κ1) is 30.4. The predicted molar refractivity (Wildman–Crippen MR) is 164 cm³/mol. The van der Waals surface area contributed by atoms with Crippen LogP contribution in [-0.2, 0) is 4.74 Å². The number of aliphatic hydroxyl groups is 1. The number of aliphatic hydroxyl groups excluding tert-OH is 1. The topological polar surface area (TPSA) is 127 Å². The molecule has 6 N–H and O–H groups in total. The number of nitrogen functional groups attached to an aromatic ring is 1. The molecule has 2 aliphatic rings. The highest BCUT2D eigenvalue weighted by Crippen LogP contribution is 2.30. The number of rotatable bonds is 8. The van der Waals surface area contributed by atoms with Crippen molar-refractivity contribution in [3.63, 3.8) is 0 Å². The highest BCUT2D eigenvalue weighted by Gasteiger charge is 2.24. The van der Waals surface area contributed by atoms with Crippen molar-refractivity contribution in [2.24, 2.45) is 0 Å². The molecular weight excluding hydrogens is 554 g/mol. The number of nitrogens with one attached hydrogen (secondary N) is 3. The molecule has 0 saturated carbocycles. The molecule has 3 aromatic rings. The van der Waals surface area contributed by atoms with Gasteiger partial charge in [0.15, 0.2) is 0 Å². The lowest BCUT2D eigenvalue weighted by Crippen LogP contribution is -2.44. The fraction of sp³-hybridized carbons (Fsp3) is 0.375. The highest BCUT2D eigenvalue weighted by atomic mass is 19.1. The molecule has 1 amide bonds. The SMILES string of the molecule is CN1CCN(c2ccc(C(=O)NC(=N)c3cc(C(CO)c4cc(F)ccc4F)ccc3N)c(NC3CCOCC3)c2)CC1. The molecule has 1 unspecified atom stereocenters. The summed E-state index contributed by atoms with van der Waals surface area (Å²) >= 11 is 0. The van der Waals surface area contributed by atoms with Crippen molar-refractivity contribution >= 4 is 28.8 Å². The van der Waals surface area contributed by atoms with Crippen molar-refractivity contribution in [2.45, 2.75) is 24.8 Å². The van der Waals surface area contributed by atoms with E-state index in [1.54, 1.807) is 12.1 Å². The van der Waals surface area contributed by atoms with Crippen molar-refractivity contribution in [1.29, 1.82) is 5.41 Å². The Morgan fingerprint density at radius 1 is 1.05 bits per heavy atom. The summed E-state index contributed by atoms with van der Waals surface area (Å²) < 4.78 is 33.9.